The highest BCUT2D eigenvalue weighted by Gasteiger charge is 2.17. The Morgan fingerprint density at radius 2 is 2.00 bits per heavy atom. The van der Waals surface area contributed by atoms with Gasteiger partial charge in [-0.15, -0.1) is 11.3 Å². The molecule has 0 saturated carbocycles. The van der Waals surface area contributed by atoms with Gasteiger partial charge in [-0.1, -0.05) is 59.8 Å². The van der Waals surface area contributed by atoms with Crippen LogP contribution in [-0.4, -0.2) is 35.7 Å². The Morgan fingerprint density at radius 1 is 1.21 bits per heavy atom. The molecular formula is C24H24ClN3O3S2. The molecule has 2 heterocycles. The van der Waals surface area contributed by atoms with E-state index in [2.05, 4.69) is 5.32 Å². The van der Waals surface area contributed by atoms with Gasteiger partial charge >= 0.3 is 0 Å². The normalized spacial score (nSPS) is 11.3. The van der Waals surface area contributed by atoms with E-state index < -0.39 is 0 Å². The van der Waals surface area contributed by atoms with Gasteiger partial charge in [0.2, 0.25) is 5.91 Å². The molecule has 33 heavy (non-hydrogen) atoms. The van der Waals surface area contributed by atoms with Gasteiger partial charge in [-0.05, 0) is 24.1 Å². The number of fused-ring (bicyclic) bond motifs is 3. The van der Waals surface area contributed by atoms with Crippen molar-refractivity contribution in [2.45, 2.75) is 30.3 Å². The molecule has 0 unspecified atom stereocenters. The van der Waals surface area contributed by atoms with Gasteiger partial charge in [-0.25, -0.2) is 4.98 Å². The molecule has 4 rings (SSSR count). The number of rotatable bonds is 10. The van der Waals surface area contributed by atoms with Gasteiger partial charge in [0, 0.05) is 47.5 Å². The number of aromatic nitrogens is 2. The minimum atomic E-state index is -0.0670. The largest absolute Gasteiger partial charge is 0.383 e. The van der Waals surface area contributed by atoms with Gasteiger partial charge in [0.15, 0.2) is 5.16 Å². The van der Waals surface area contributed by atoms with Crippen molar-refractivity contribution in [2.75, 3.05) is 20.3 Å². The molecule has 0 aliphatic rings. The number of carbonyl (C=O) groups is 1. The molecule has 172 valence electrons. The van der Waals surface area contributed by atoms with Crippen molar-refractivity contribution < 1.29 is 9.53 Å². The zero-order valence-corrected chi connectivity index (χ0v) is 20.6. The van der Waals surface area contributed by atoms with Crippen LogP contribution in [0.25, 0.3) is 20.3 Å². The molecule has 6 nitrogen and oxygen atoms in total. The summed E-state index contributed by atoms with van der Waals surface area (Å²) in [5.74, 6) is 0.540. The fraction of sp³-hybridized carbons (Fsp3) is 0.292. The van der Waals surface area contributed by atoms with Gasteiger partial charge < -0.3 is 10.1 Å². The molecular weight excluding hydrogens is 478 g/mol. The molecule has 1 N–H and O–H groups in total. The van der Waals surface area contributed by atoms with E-state index in [1.807, 2.05) is 48.5 Å². The van der Waals surface area contributed by atoms with E-state index in [-0.39, 0.29) is 11.5 Å². The number of thiophene rings is 1. The second-order valence-corrected chi connectivity index (χ2v) is 9.86. The van der Waals surface area contributed by atoms with E-state index >= 15 is 0 Å². The Bertz CT molecular complexity index is 1340. The van der Waals surface area contributed by atoms with Crippen molar-refractivity contribution in [1.82, 2.24) is 14.9 Å². The third kappa shape index (κ3) is 5.58. The molecule has 2 aromatic heterocycles. The highest BCUT2D eigenvalue weighted by Crippen LogP contribution is 2.33. The standard InChI is InChI=1S/C24H24ClN3O3S2/c1-31-14-12-26-20(29)11-6-13-28-23(30)22-21(17-8-3-5-10-19(17)33-22)27-24(28)32-15-16-7-2-4-9-18(16)25/h2-5,7-10H,6,11-15H2,1H3,(H,26,29). The van der Waals surface area contributed by atoms with E-state index in [9.17, 15) is 9.59 Å². The number of methoxy groups -OCH3 is 1. The highest BCUT2D eigenvalue weighted by molar-refractivity contribution is 7.98. The number of hydrogen-bond donors (Lipinski definition) is 1. The zero-order valence-electron chi connectivity index (χ0n) is 18.2. The Morgan fingerprint density at radius 3 is 2.82 bits per heavy atom. The van der Waals surface area contributed by atoms with E-state index in [0.717, 1.165) is 21.2 Å². The maximum absolute atomic E-state index is 13.5. The topological polar surface area (TPSA) is 73.2 Å². The lowest BCUT2D eigenvalue weighted by Crippen LogP contribution is -2.28. The van der Waals surface area contributed by atoms with E-state index in [1.54, 1.807) is 11.7 Å². The van der Waals surface area contributed by atoms with Crippen LogP contribution in [0.4, 0.5) is 0 Å². The molecule has 1 amide bonds. The van der Waals surface area contributed by atoms with Gasteiger partial charge in [-0.2, -0.15) is 0 Å². The monoisotopic (exact) mass is 501 g/mol. The van der Waals surface area contributed by atoms with Crippen LogP contribution in [0.1, 0.15) is 18.4 Å². The summed E-state index contributed by atoms with van der Waals surface area (Å²) in [4.78, 5) is 30.4. The second-order valence-electron chi connectivity index (χ2n) is 7.45. The fourth-order valence-corrected chi connectivity index (χ4v) is 5.89. The maximum Gasteiger partial charge on any atom is 0.272 e. The molecule has 4 aromatic rings. The molecule has 0 fully saturated rings. The molecule has 0 aliphatic carbocycles. The minimum Gasteiger partial charge on any atom is -0.383 e. The summed E-state index contributed by atoms with van der Waals surface area (Å²) in [6.45, 7) is 1.36. The van der Waals surface area contributed by atoms with Crippen molar-refractivity contribution >= 4 is 60.9 Å². The van der Waals surface area contributed by atoms with E-state index in [1.165, 1.54) is 23.1 Å². The van der Waals surface area contributed by atoms with E-state index in [4.69, 9.17) is 21.3 Å². The summed E-state index contributed by atoms with van der Waals surface area (Å²) in [6.07, 6.45) is 0.867. The zero-order chi connectivity index (χ0) is 23.2. The molecule has 9 heteroatoms. The smallest absolute Gasteiger partial charge is 0.272 e. The number of hydrogen-bond acceptors (Lipinski definition) is 6. The number of amides is 1. The average Bonchev–Trinajstić information content (AvgIpc) is 3.19. The highest BCUT2D eigenvalue weighted by atomic mass is 35.5. The second kappa shape index (κ2) is 11.2. The number of nitrogens with zero attached hydrogens (tertiary/aromatic N) is 2. The lowest BCUT2D eigenvalue weighted by atomic mass is 10.2. The first-order chi connectivity index (χ1) is 16.1. The van der Waals surface area contributed by atoms with Crippen LogP contribution in [0.15, 0.2) is 58.5 Å². The van der Waals surface area contributed by atoms with Crippen LogP contribution in [-0.2, 0) is 21.8 Å². The molecule has 0 radical (unpaired) electrons. The van der Waals surface area contributed by atoms with Crippen LogP contribution in [0.5, 0.6) is 0 Å². The van der Waals surface area contributed by atoms with E-state index in [0.29, 0.717) is 53.2 Å². The number of ether oxygens (including phenoxy) is 1. The lowest BCUT2D eigenvalue weighted by molar-refractivity contribution is -0.121. The van der Waals surface area contributed by atoms with Gasteiger partial charge in [0.05, 0.1) is 12.1 Å². The molecule has 0 atom stereocenters. The third-order valence-electron chi connectivity index (χ3n) is 5.18. The molecule has 2 aromatic carbocycles. The summed E-state index contributed by atoms with van der Waals surface area (Å²) in [7, 11) is 1.59. The van der Waals surface area contributed by atoms with Gasteiger partial charge in [0.1, 0.15) is 4.70 Å². The number of carbonyl (C=O) groups excluding carboxylic acids is 1. The predicted octanol–water partition coefficient (Wildman–Crippen LogP) is 5.10. The molecule has 0 spiro atoms. The maximum atomic E-state index is 13.5. The number of benzene rings is 2. The van der Waals surface area contributed by atoms with Crippen LogP contribution in [0.2, 0.25) is 5.02 Å². The van der Waals surface area contributed by atoms with Crippen molar-refractivity contribution in [3.8, 4) is 0 Å². The van der Waals surface area contributed by atoms with Gasteiger partial charge in [0.25, 0.3) is 5.56 Å². The fourth-order valence-electron chi connectivity index (χ4n) is 3.50. The van der Waals surface area contributed by atoms with Crippen LogP contribution < -0.4 is 10.9 Å². The number of thioether (sulfide) groups is 1. The van der Waals surface area contributed by atoms with Crippen LogP contribution in [0.3, 0.4) is 0 Å². The Labute approximate surface area is 204 Å². The number of nitrogens with one attached hydrogen (secondary N) is 1. The van der Waals surface area contributed by atoms with Crippen LogP contribution >= 0.6 is 34.7 Å². The quantitative estimate of drug-likeness (QED) is 0.186. The Balaban J connectivity index is 1.62. The Hall–Kier alpha value is -2.39. The van der Waals surface area contributed by atoms with Crippen molar-refractivity contribution in [2.24, 2.45) is 0 Å². The minimum absolute atomic E-state index is 0.0544. The van der Waals surface area contributed by atoms with Crippen LogP contribution in [0, 0.1) is 0 Å². The lowest BCUT2D eigenvalue weighted by Gasteiger charge is -2.12. The molecule has 0 saturated heterocycles. The average molecular weight is 502 g/mol. The number of halogens is 1. The van der Waals surface area contributed by atoms with Crippen molar-refractivity contribution in [3.63, 3.8) is 0 Å². The third-order valence-corrected chi connectivity index (χ3v) is 7.72. The Kier molecular flexibility index (Phi) is 8.03. The predicted molar refractivity (Wildman–Crippen MR) is 137 cm³/mol. The summed E-state index contributed by atoms with van der Waals surface area (Å²) in [5, 5.41) is 5.12. The van der Waals surface area contributed by atoms with Crippen molar-refractivity contribution in [3.05, 3.63) is 69.5 Å². The molecule has 0 bridgehead atoms. The SMILES string of the molecule is COCCNC(=O)CCCn1c(SCc2ccccc2Cl)nc2c(sc3ccccc32)c1=O. The van der Waals surface area contributed by atoms with Gasteiger partial charge in [-0.3, -0.25) is 14.2 Å². The molecule has 0 aliphatic heterocycles. The first-order valence-electron chi connectivity index (χ1n) is 10.6. The summed E-state index contributed by atoms with van der Waals surface area (Å²) in [6, 6.07) is 15.6. The first-order valence-corrected chi connectivity index (χ1v) is 12.8. The summed E-state index contributed by atoms with van der Waals surface area (Å²) in [5.41, 5.74) is 1.65. The van der Waals surface area contributed by atoms with Crippen molar-refractivity contribution in [1.29, 1.82) is 0 Å². The summed E-state index contributed by atoms with van der Waals surface area (Å²) >= 11 is 9.28. The summed E-state index contributed by atoms with van der Waals surface area (Å²) < 4.78 is 8.33. The first kappa shape index (κ1) is 23.8.